The summed E-state index contributed by atoms with van der Waals surface area (Å²) in [6, 6.07) is 0. The van der Waals surface area contributed by atoms with E-state index in [4.69, 9.17) is 9.47 Å². The summed E-state index contributed by atoms with van der Waals surface area (Å²) >= 11 is 0. The van der Waals surface area contributed by atoms with Gasteiger partial charge in [-0.25, -0.2) is 0 Å². The quantitative estimate of drug-likeness (QED) is 0.773. The number of carbonyl (C=O) groups is 1. The topological polar surface area (TPSA) is 38.8 Å². The second-order valence-corrected chi connectivity index (χ2v) is 5.30. The molecule has 2 heterocycles. The van der Waals surface area contributed by atoms with E-state index in [2.05, 4.69) is 6.92 Å². The molecule has 104 valence electrons. The van der Waals surface area contributed by atoms with E-state index in [1.54, 1.807) is 0 Å². The normalized spacial score (nSPS) is 27.3. The molecular weight excluding hydrogens is 230 g/mol. The minimum Gasteiger partial charge on any atom is -0.353 e. The van der Waals surface area contributed by atoms with Gasteiger partial charge in [-0.05, 0) is 25.2 Å². The maximum absolute atomic E-state index is 12.0. The fourth-order valence-corrected chi connectivity index (χ4v) is 2.70. The molecule has 0 aromatic carbocycles. The molecule has 0 radical (unpaired) electrons. The highest BCUT2D eigenvalue weighted by Crippen LogP contribution is 2.21. The lowest BCUT2D eigenvalue weighted by molar-refractivity contribution is -0.183. The number of rotatable bonds is 4. The van der Waals surface area contributed by atoms with Crippen LogP contribution in [0.3, 0.4) is 0 Å². The summed E-state index contributed by atoms with van der Waals surface area (Å²) in [7, 11) is 0. The first kappa shape index (κ1) is 13.8. The highest BCUT2D eigenvalue weighted by atomic mass is 16.7. The van der Waals surface area contributed by atoms with Crippen molar-refractivity contribution in [2.45, 2.75) is 51.7 Å². The molecule has 4 heteroatoms. The Balaban J connectivity index is 1.75. The van der Waals surface area contributed by atoms with Gasteiger partial charge in [0.05, 0.1) is 13.2 Å². The van der Waals surface area contributed by atoms with Crippen molar-refractivity contribution in [3.63, 3.8) is 0 Å². The molecule has 0 aromatic rings. The van der Waals surface area contributed by atoms with Gasteiger partial charge in [-0.3, -0.25) is 4.79 Å². The Labute approximate surface area is 110 Å². The van der Waals surface area contributed by atoms with Crippen molar-refractivity contribution in [3.05, 3.63) is 0 Å². The molecule has 2 aliphatic heterocycles. The van der Waals surface area contributed by atoms with E-state index in [0.29, 0.717) is 12.3 Å². The van der Waals surface area contributed by atoms with Crippen LogP contribution in [0.5, 0.6) is 0 Å². The summed E-state index contributed by atoms with van der Waals surface area (Å²) in [5, 5.41) is 0. The van der Waals surface area contributed by atoms with E-state index >= 15 is 0 Å². The predicted molar refractivity (Wildman–Crippen MR) is 69.1 cm³/mol. The van der Waals surface area contributed by atoms with E-state index in [1.807, 2.05) is 4.90 Å². The number of likely N-dealkylation sites (tertiary alicyclic amines) is 1. The average Bonchev–Trinajstić information content (AvgIpc) is 2.60. The zero-order valence-corrected chi connectivity index (χ0v) is 11.4. The predicted octanol–water partition coefficient (Wildman–Crippen LogP) is 2.18. The second-order valence-electron chi connectivity index (χ2n) is 5.30. The zero-order valence-electron chi connectivity index (χ0n) is 11.4. The Bertz CT molecular complexity index is 264. The van der Waals surface area contributed by atoms with Gasteiger partial charge in [-0.1, -0.05) is 13.3 Å². The molecule has 2 rings (SSSR count). The van der Waals surface area contributed by atoms with Gasteiger partial charge in [0, 0.05) is 25.9 Å². The molecule has 18 heavy (non-hydrogen) atoms. The van der Waals surface area contributed by atoms with E-state index in [1.165, 1.54) is 6.42 Å². The molecule has 2 saturated heterocycles. The van der Waals surface area contributed by atoms with Gasteiger partial charge < -0.3 is 14.4 Å². The molecule has 0 spiro atoms. The van der Waals surface area contributed by atoms with E-state index < -0.39 is 0 Å². The van der Waals surface area contributed by atoms with Crippen molar-refractivity contribution in [3.8, 4) is 0 Å². The van der Waals surface area contributed by atoms with E-state index in [-0.39, 0.29) is 6.29 Å². The molecule has 0 aromatic heterocycles. The Hall–Kier alpha value is -0.610. The Morgan fingerprint density at radius 2 is 2.06 bits per heavy atom. The molecular formula is C14H25NO3. The van der Waals surface area contributed by atoms with Crippen LogP contribution in [0.4, 0.5) is 0 Å². The summed E-state index contributed by atoms with van der Waals surface area (Å²) in [4.78, 5) is 14.0. The van der Waals surface area contributed by atoms with Crippen molar-refractivity contribution in [2.75, 3.05) is 26.3 Å². The molecule has 0 N–H and O–H groups in total. The minimum atomic E-state index is -0.100. The van der Waals surface area contributed by atoms with Gasteiger partial charge >= 0.3 is 0 Å². The third-order valence-electron chi connectivity index (χ3n) is 4.03. The zero-order chi connectivity index (χ0) is 12.8. The highest BCUT2D eigenvalue weighted by molar-refractivity contribution is 5.76. The number of hydrogen-bond donors (Lipinski definition) is 0. The summed E-state index contributed by atoms with van der Waals surface area (Å²) in [5.41, 5.74) is 0. The Kier molecular flexibility index (Phi) is 5.45. The molecule has 1 atom stereocenters. The van der Waals surface area contributed by atoms with Crippen molar-refractivity contribution in [1.82, 2.24) is 4.90 Å². The van der Waals surface area contributed by atoms with Crippen molar-refractivity contribution >= 4 is 5.91 Å². The number of hydrogen-bond acceptors (Lipinski definition) is 3. The largest absolute Gasteiger partial charge is 0.353 e. The smallest absolute Gasteiger partial charge is 0.222 e. The van der Waals surface area contributed by atoms with Gasteiger partial charge in [0.2, 0.25) is 5.91 Å². The van der Waals surface area contributed by atoms with Crippen molar-refractivity contribution in [2.24, 2.45) is 5.92 Å². The number of carbonyl (C=O) groups excluding carboxylic acids is 1. The lowest BCUT2D eigenvalue weighted by atomic mass is 9.98. The summed E-state index contributed by atoms with van der Waals surface area (Å²) in [6.07, 6.45) is 5.80. The van der Waals surface area contributed by atoms with Crippen molar-refractivity contribution in [1.29, 1.82) is 0 Å². The maximum Gasteiger partial charge on any atom is 0.222 e. The van der Waals surface area contributed by atoms with E-state index in [9.17, 15) is 4.79 Å². The molecule has 2 aliphatic rings. The average molecular weight is 255 g/mol. The van der Waals surface area contributed by atoms with Gasteiger partial charge in [-0.15, -0.1) is 0 Å². The lowest BCUT2D eigenvalue weighted by Crippen LogP contribution is -2.35. The lowest BCUT2D eigenvalue weighted by Gasteiger charge is -2.27. The van der Waals surface area contributed by atoms with Gasteiger partial charge in [0.25, 0.3) is 0 Å². The molecule has 1 amide bonds. The fraction of sp³-hybridized carbons (Fsp3) is 0.929. The van der Waals surface area contributed by atoms with Crippen LogP contribution in [0, 0.1) is 5.92 Å². The fourth-order valence-electron chi connectivity index (χ4n) is 2.70. The summed E-state index contributed by atoms with van der Waals surface area (Å²) in [5.74, 6) is 1.03. The first-order valence-electron chi connectivity index (χ1n) is 7.30. The minimum absolute atomic E-state index is 0.100. The van der Waals surface area contributed by atoms with Crippen LogP contribution in [0.2, 0.25) is 0 Å². The van der Waals surface area contributed by atoms with E-state index in [0.717, 1.165) is 57.9 Å². The number of amides is 1. The molecule has 0 saturated carbocycles. The summed E-state index contributed by atoms with van der Waals surface area (Å²) < 4.78 is 11.0. The molecule has 1 unspecified atom stereocenters. The highest BCUT2D eigenvalue weighted by Gasteiger charge is 2.23. The van der Waals surface area contributed by atoms with Crippen LogP contribution >= 0.6 is 0 Å². The standard InChI is InChI=1S/C14H25NO3/c1-2-12-4-5-13(16)15(8-6-12)9-7-14-17-10-3-11-18-14/h12,14H,2-11H2,1H3. The maximum atomic E-state index is 12.0. The van der Waals surface area contributed by atoms with Crippen LogP contribution < -0.4 is 0 Å². The van der Waals surface area contributed by atoms with Crippen LogP contribution in [0.15, 0.2) is 0 Å². The Morgan fingerprint density at radius 3 is 2.78 bits per heavy atom. The second kappa shape index (κ2) is 7.10. The molecule has 2 fully saturated rings. The van der Waals surface area contributed by atoms with Gasteiger partial charge in [0.1, 0.15) is 0 Å². The van der Waals surface area contributed by atoms with Crippen LogP contribution in [-0.4, -0.2) is 43.4 Å². The van der Waals surface area contributed by atoms with Crippen molar-refractivity contribution < 1.29 is 14.3 Å². The third kappa shape index (κ3) is 3.95. The summed E-state index contributed by atoms with van der Waals surface area (Å²) in [6.45, 7) is 5.48. The third-order valence-corrected chi connectivity index (χ3v) is 4.03. The number of nitrogens with zero attached hydrogens (tertiary/aromatic N) is 1. The Morgan fingerprint density at radius 1 is 1.28 bits per heavy atom. The SMILES string of the molecule is CCC1CCC(=O)N(CCC2OCCCO2)CC1. The molecule has 0 aliphatic carbocycles. The monoisotopic (exact) mass is 255 g/mol. The van der Waals surface area contributed by atoms with Gasteiger partial charge in [0.15, 0.2) is 6.29 Å². The first-order valence-corrected chi connectivity index (χ1v) is 7.30. The first-order chi connectivity index (χ1) is 8.79. The molecule has 4 nitrogen and oxygen atoms in total. The number of ether oxygens (including phenoxy) is 2. The van der Waals surface area contributed by atoms with Crippen LogP contribution in [0.25, 0.3) is 0 Å². The molecule has 0 bridgehead atoms. The van der Waals surface area contributed by atoms with Crippen LogP contribution in [-0.2, 0) is 14.3 Å². The van der Waals surface area contributed by atoms with Gasteiger partial charge in [-0.2, -0.15) is 0 Å². The van der Waals surface area contributed by atoms with Crippen LogP contribution in [0.1, 0.15) is 45.4 Å².